The maximum Gasteiger partial charge on any atom is 0.123 e. The zero-order valence-electron chi connectivity index (χ0n) is 9.57. The van der Waals surface area contributed by atoms with Crippen molar-refractivity contribution < 1.29 is 0 Å². The van der Waals surface area contributed by atoms with E-state index in [9.17, 15) is 0 Å². The van der Waals surface area contributed by atoms with Gasteiger partial charge >= 0.3 is 0 Å². The van der Waals surface area contributed by atoms with Crippen molar-refractivity contribution in [3.63, 3.8) is 0 Å². The van der Waals surface area contributed by atoms with Crippen LogP contribution in [0, 0.1) is 0 Å². The Labute approximate surface area is 121 Å². The van der Waals surface area contributed by atoms with Crippen LogP contribution in [0.3, 0.4) is 0 Å². The summed E-state index contributed by atoms with van der Waals surface area (Å²) in [5.74, 6) is 2.14. The van der Waals surface area contributed by atoms with Crippen molar-refractivity contribution in [2.75, 3.05) is 5.73 Å². The molecule has 1 aromatic heterocycles. The highest BCUT2D eigenvalue weighted by Gasteiger charge is 2.03. The molecule has 0 aliphatic carbocycles. The van der Waals surface area contributed by atoms with Crippen LogP contribution in [-0.2, 0) is 11.5 Å². The van der Waals surface area contributed by atoms with E-state index in [4.69, 9.17) is 28.9 Å². The molecule has 2 nitrogen and oxygen atoms in total. The normalized spacial score (nSPS) is 10.6. The van der Waals surface area contributed by atoms with E-state index in [0.29, 0.717) is 10.8 Å². The highest BCUT2D eigenvalue weighted by molar-refractivity contribution is 7.97. The molecule has 18 heavy (non-hydrogen) atoms. The Hall–Kier alpha value is -0.900. The van der Waals surface area contributed by atoms with Crippen molar-refractivity contribution in [1.82, 2.24) is 4.98 Å². The van der Waals surface area contributed by atoms with E-state index >= 15 is 0 Å². The molecule has 0 atom stereocenters. The van der Waals surface area contributed by atoms with Crippen molar-refractivity contribution in [1.29, 1.82) is 0 Å². The van der Waals surface area contributed by atoms with Crippen LogP contribution in [0.1, 0.15) is 11.3 Å². The molecule has 0 saturated carbocycles. The molecule has 2 aromatic rings. The second kappa shape index (κ2) is 6.32. The van der Waals surface area contributed by atoms with Crippen molar-refractivity contribution in [2.24, 2.45) is 0 Å². The fraction of sp³-hybridized carbons (Fsp3) is 0.154. The lowest BCUT2D eigenvalue weighted by Crippen LogP contribution is -1.95. The number of nitrogens with zero attached hydrogens (tertiary/aromatic N) is 1. The Morgan fingerprint density at radius 1 is 1.00 bits per heavy atom. The molecule has 0 bridgehead atoms. The van der Waals surface area contributed by atoms with E-state index in [0.717, 1.165) is 22.2 Å². The highest BCUT2D eigenvalue weighted by Crippen LogP contribution is 2.23. The van der Waals surface area contributed by atoms with E-state index in [2.05, 4.69) is 4.98 Å². The molecule has 0 aliphatic heterocycles. The van der Waals surface area contributed by atoms with Gasteiger partial charge in [-0.1, -0.05) is 35.3 Å². The molecular weight excluding hydrogens is 287 g/mol. The van der Waals surface area contributed by atoms with Gasteiger partial charge < -0.3 is 5.73 Å². The van der Waals surface area contributed by atoms with Gasteiger partial charge in [0.25, 0.3) is 0 Å². The van der Waals surface area contributed by atoms with Crippen molar-refractivity contribution in [2.45, 2.75) is 11.5 Å². The number of nitrogens with two attached hydrogens (primary N) is 1. The second-order valence-electron chi connectivity index (χ2n) is 3.78. The molecule has 0 saturated heterocycles. The van der Waals surface area contributed by atoms with Crippen LogP contribution in [0.5, 0.6) is 0 Å². The monoisotopic (exact) mass is 298 g/mol. The molecule has 2 rings (SSSR count). The third-order valence-electron chi connectivity index (χ3n) is 2.36. The number of aromatic nitrogens is 1. The fourth-order valence-corrected chi connectivity index (χ4v) is 2.77. The highest BCUT2D eigenvalue weighted by atomic mass is 35.5. The number of hydrogen-bond acceptors (Lipinski definition) is 3. The van der Waals surface area contributed by atoms with Crippen LogP contribution >= 0.6 is 35.0 Å². The quantitative estimate of drug-likeness (QED) is 0.909. The summed E-state index contributed by atoms with van der Waals surface area (Å²) in [6, 6.07) is 11.3. The van der Waals surface area contributed by atoms with Gasteiger partial charge in [-0.05, 0) is 29.8 Å². The number of nitrogen functional groups attached to an aromatic ring is 1. The summed E-state index contributed by atoms with van der Waals surface area (Å²) in [5.41, 5.74) is 7.69. The first-order chi connectivity index (χ1) is 8.65. The van der Waals surface area contributed by atoms with Crippen LogP contribution in [-0.4, -0.2) is 4.98 Å². The lowest BCUT2D eigenvalue weighted by atomic mass is 10.2. The van der Waals surface area contributed by atoms with Crippen LogP contribution in [0.15, 0.2) is 36.4 Å². The van der Waals surface area contributed by atoms with Crippen molar-refractivity contribution >= 4 is 40.8 Å². The van der Waals surface area contributed by atoms with Gasteiger partial charge in [0.2, 0.25) is 0 Å². The zero-order valence-corrected chi connectivity index (χ0v) is 11.9. The van der Waals surface area contributed by atoms with Crippen LogP contribution in [0.25, 0.3) is 0 Å². The molecule has 0 spiro atoms. The number of anilines is 1. The van der Waals surface area contributed by atoms with Crippen LogP contribution < -0.4 is 5.73 Å². The minimum atomic E-state index is 0.501. The Kier molecular flexibility index (Phi) is 4.75. The molecular formula is C13H12Cl2N2S. The largest absolute Gasteiger partial charge is 0.384 e. The SMILES string of the molecule is Nc1ccc(Cl)c(CSCc2ccc(Cl)cc2)n1. The van der Waals surface area contributed by atoms with Gasteiger partial charge in [0.1, 0.15) is 5.82 Å². The third kappa shape index (κ3) is 3.80. The maximum absolute atomic E-state index is 6.05. The molecule has 0 unspecified atom stereocenters. The van der Waals surface area contributed by atoms with Gasteiger partial charge in [0, 0.05) is 16.5 Å². The minimum Gasteiger partial charge on any atom is -0.384 e. The van der Waals surface area contributed by atoms with E-state index < -0.39 is 0 Å². The first kappa shape index (κ1) is 13.5. The predicted octanol–water partition coefficient (Wildman–Crippen LogP) is 4.40. The van der Waals surface area contributed by atoms with Gasteiger partial charge in [0.05, 0.1) is 10.7 Å². The predicted molar refractivity (Wildman–Crippen MR) is 80.1 cm³/mol. The lowest BCUT2D eigenvalue weighted by Gasteiger charge is -2.05. The molecule has 5 heteroatoms. The molecule has 0 aliphatic rings. The van der Waals surface area contributed by atoms with E-state index in [1.165, 1.54) is 5.56 Å². The average molecular weight is 299 g/mol. The summed E-state index contributed by atoms with van der Waals surface area (Å²) in [7, 11) is 0. The first-order valence-corrected chi connectivity index (χ1v) is 7.29. The van der Waals surface area contributed by atoms with Crippen LogP contribution in [0.2, 0.25) is 10.0 Å². The number of hydrogen-bond donors (Lipinski definition) is 1. The smallest absolute Gasteiger partial charge is 0.123 e. The number of thioether (sulfide) groups is 1. The molecule has 0 radical (unpaired) electrons. The minimum absolute atomic E-state index is 0.501. The van der Waals surface area contributed by atoms with Gasteiger partial charge in [0.15, 0.2) is 0 Å². The Balaban J connectivity index is 1.92. The van der Waals surface area contributed by atoms with Crippen molar-refractivity contribution in [3.8, 4) is 0 Å². The van der Waals surface area contributed by atoms with Gasteiger partial charge in [-0.15, -0.1) is 0 Å². The van der Waals surface area contributed by atoms with E-state index in [1.807, 2.05) is 24.3 Å². The van der Waals surface area contributed by atoms with Gasteiger partial charge in [-0.25, -0.2) is 4.98 Å². The summed E-state index contributed by atoms with van der Waals surface area (Å²) < 4.78 is 0. The lowest BCUT2D eigenvalue weighted by molar-refractivity contribution is 1.18. The summed E-state index contributed by atoms with van der Waals surface area (Å²) in [6.07, 6.45) is 0. The zero-order chi connectivity index (χ0) is 13.0. The van der Waals surface area contributed by atoms with E-state index in [-0.39, 0.29) is 0 Å². The summed E-state index contributed by atoms with van der Waals surface area (Å²) in [4.78, 5) is 4.22. The van der Waals surface area contributed by atoms with Crippen LogP contribution in [0.4, 0.5) is 5.82 Å². The molecule has 0 amide bonds. The number of rotatable bonds is 4. The summed E-state index contributed by atoms with van der Waals surface area (Å²) >= 11 is 13.6. The standard InChI is InChI=1S/C13H12Cl2N2S/c14-10-3-1-9(2-4-10)7-18-8-12-11(15)5-6-13(16)17-12/h1-6H,7-8H2,(H2,16,17). The Morgan fingerprint density at radius 3 is 2.44 bits per heavy atom. The fourth-order valence-electron chi connectivity index (χ4n) is 1.45. The third-order valence-corrected chi connectivity index (χ3v) is 3.97. The van der Waals surface area contributed by atoms with E-state index in [1.54, 1.807) is 23.9 Å². The number of halogens is 2. The van der Waals surface area contributed by atoms with Gasteiger partial charge in [-0.2, -0.15) is 11.8 Å². The Bertz CT molecular complexity index is 529. The first-order valence-electron chi connectivity index (χ1n) is 5.38. The molecule has 1 heterocycles. The molecule has 0 fully saturated rings. The molecule has 2 N–H and O–H groups in total. The second-order valence-corrected chi connectivity index (χ2v) is 5.61. The molecule has 1 aromatic carbocycles. The summed E-state index contributed by atoms with van der Waals surface area (Å²) in [5, 5.41) is 1.41. The topological polar surface area (TPSA) is 38.9 Å². The maximum atomic E-state index is 6.05. The van der Waals surface area contributed by atoms with Gasteiger partial charge in [-0.3, -0.25) is 0 Å². The summed E-state index contributed by atoms with van der Waals surface area (Å²) in [6.45, 7) is 0. The Morgan fingerprint density at radius 2 is 1.72 bits per heavy atom. The molecule has 94 valence electrons. The number of pyridine rings is 1. The average Bonchev–Trinajstić information content (AvgIpc) is 2.36. The van der Waals surface area contributed by atoms with Crippen molar-refractivity contribution in [3.05, 3.63) is 57.7 Å². The number of benzene rings is 1.